The maximum absolute atomic E-state index is 13.6. The summed E-state index contributed by atoms with van der Waals surface area (Å²) in [7, 11) is 0. The number of thiazole rings is 1. The number of fused-ring (bicyclic) bond motifs is 1. The summed E-state index contributed by atoms with van der Waals surface area (Å²) in [6, 6.07) is -2.31. The first-order chi connectivity index (χ1) is 26.3. The van der Waals surface area contributed by atoms with Gasteiger partial charge in [-0.1, -0.05) is 28.5 Å². The number of carboxylic acid groups (broad SMARTS) is 2. The van der Waals surface area contributed by atoms with Crippen LogP contribution < -0.4 is 21.9 Å². The fourth-order valence-electron chi connectivity index (χ4n) is 5.71. The quantitative estimate of drug-likeness (QED) is 0.0582. The van der Waals surface area contributed by atoms with Crippen LogP contribution in [0.2, 0.25) is 5.02 Å². The van der Waals surface area contributed by atoms with Crippen LogP contribution in [0.3, 0.4) is 0 Å². The van der Waals surface area contributed by atoms with Crippen LogP contribution >= 0.6 is 34.7 Å². The molecule has 1 aromatic carbocycles. The monoisotopic (exact) mass is 839 g/mol. The van der Waals surface area contributed by atoms with Gasteiger partial charge in [-0.25, -0.2) is 49.3 Å². The maximum Gasteiger partial charge on any atom is 0.350 e. The average Bonchev–Trinajstić information content (AvgIpc) is 3.92. The second-order valence-electron chi connectivity index (χ2n) is 12.8. The molecule has 9 amide bonds. The van der Waals surface area contributed by atoms with E-state index >= 15 is 0 Å². The largest absolute Gasteiger partial charge is 0.504 e. The number of nitrogen functional groups attached to an aromatic ring is 1. The first kappa shape index (κ1) is 39.4. The summed E-state index contributed by atoms with van der Waals surface area (Å²) in [4.78, 5) is 113. The zero-order valence-electron chi connectivity index (χ0n) is 28.8. The summed E-state index contributed by atoms with van der Waals surface area (Å²) in [5, 5.41) is 46.8. The lowest BCUT2D eigenvalue weighted by molar-refractivity contribution is -0.161. The minimum absolute atomic E-state index is 0.0415. The molecule has 27 heteroatoms. The number of nitrogens with two attached hydrogens (primary N) is 1. The maximum atomic E-state index is 13.6. The van der Waals surface area contributed by atoms with Gasteiger partial charge in [0.05, 0.1) is 36.8 Å². The summed E-state index contributed by atoms with van der Waals surface area (Å²) in [5.74, 6) is -6.92. The van der Waals surface area contributed by atoms with Crippen molar-refractivity contribution in [2.45, 2.75) is 35.7 Å². The van der Waals surface area contributed by atoms with Crippen LogP contribution in [0.4, 0.5) is 19.5 Å². The van der Waals surface area contributed by atoms with Crippen molar-refractivity contribution in [1.29, 1.82) is 0 Å². The number of carbonyl (C=O) groups excluding carboxylic acids is 6. The molecule has 0 bridgehead atoms. The molecule has 4 aliphatic heterocycles. The number of rotatable bonds is 11. The smallest absolute Gasteiger partial charge is 0.350 e. The van der Waals surface area contributed by atoms with E-state index in [2.05, 4.69) is 26.3 Å². The predicted molar refractivity (Wildman–Crippen MR) is 190 cm³/mol. The third kappa shape index (κ3) is 6.80. The molecule has 2 aromatic rings. The third-order valence-corrected chi connectivity index (χ3v) is 11.6. The van der Waals surface area contributed by atoms with Gasteiger partial charge in [-0.15, -0.1) is 11.3 Å². The number of hydrazine groups is 2. The molecule has 3 atom stereocenters. The van der Waals surface area contributed by atoms with Crippen LogP contribution in [0.15, 0.2) is 22.7 Å². The molecular formula is C29H30ClN11O13S2. The number of thioether (sulfide) groups is 1. The normalized spacial score (nSPS) is 22.2. The number of carbonyl (C=O) groups is 8. The molecule has 6 rings (SSSR count). The summed E-state index contributed by atoms with van der Waals surface area (Å²) >= 11 is 7.54. The highest BCUT2D eigenvalue weighted by Gasteiger charge is 2.66. The van der Waals surface area contributed by atoms with Gasteiger partial charge in [-0.05, 0) is 26.0 Å². The van der Waals surface area contributed by atoms with Crippen molar-refractivity contribution < 1.29 is 63.6 Å². The number of aromatic nitrogens is 1. The highest BCUT2D eigenvalue weighted by molar-refractivity contribution is 8.02. The number of hydrogen-bond acceptors (Lipinski definition) is 16. The molecule has 4 fully saturated rings. The second-order valence-corrected chi connectivity index (χ2v) is 15.4. The van der Waals surface area contributed by atoms with Gasteiger partial charge in [-0.2, -0.15) is 0 Å². The summed E-state index contributed by atoms with van der Waals surface area (Å²) in [6.45, 7) is 0.915. The van der Waals surface area contributed by atoms with E-state index in [1.807, 2.05) is 0 Å². The van der Waals surface area contributed by atoms with E-state index in [0.29, 0.717) is 16.7 Å². The number of oxime groups is 1. The number of aromatic hydroxyl groups is 2. The minimum Gasteiger partial charge on any atom is -0.504 e. The molecule has 1 aromatic heterocycles. The zero-order chi connectivity index (χ0) is 41.0. The summed E-state index contributed by atoms with van der Waals surface area (Å²) in [5.41, 5.74) is 7.41. The van der Waals surface area contributed by atoms with Crippen molar-refractivity contribution in [1.82, 2.24) is 45.9 Å². The molecule has 4 aliphatic rings. The number of phenols is 2. The van der Waals surface area contributed by atoms with Crippen molar-refractivity contribution in [3.63, 3.8) is 0 Å². The number of carboxylic acids is 2. The number of anilines is 1. The highest BCUT2D eigenvalue weighted by Crippen LogP contribution is 2.49. The van der Waals surface area contributed by atoms with E-state index in [9.17, 15) is 58.8 Å². The van der Waals surface area contributed by atoms with Crippen molar-refractivity contribution in [2.24, 2.45) is 5.16 Å². The number of amides is 9. The van der Waals surface area contributed by atoms with Crippen molar-refractivity contribution in [3.05, 3.63) is 33.8 Å². The third-order valence-electron chi connectivity index (χ3n) is 8.83. The molecular weight excluding hydrogens is 810 g/mol. The lowest BCUT2D eigenvalue weighted by Crippen LogP contribution is -2.68. The molecule has 0 spiro atoms. The van der Waals surface area contributed by atoms with Crippen molar-refractivity contribution in [2.75, 3.05) is 38.5 Å². The molecule has 0 radical (unpaired) electrons. The number of halogens is 1. The number of benzene rings is 1. The number of β-lactam (4-membered cyclic amide) rings is 1. The molecule has 0 aliphatic carbocycles. The Morgan fingerprint density at radius 1 is 1.04 bits per heavy atom. The number of nitrogens with zero attached hydrogens (tertiary/aromatic N) is 7. The Morgan fingerprint density at radius 3 is 2.36 bits per heavy atom. The number of aliphatic carboxylic acids is 2. The van der Waals surface area contributed by atoms with Crippen molar-refractivity contribution in [3.8, 4) is 11.5 Å². The zero-order valence-corrected chi connectivity index (χ0v) is 31.2. The van der Waals surface area contributed by atoms with Crippen LogP contribution in [-0.2, 0) is 24.0 Å². The fourth-order valence-corrected chi connectivity index (χ4v) is 8.14. The lowest BCUT2D eigenvalue weighted by Gasteiger charge is -2.41. The van der Waals surface area contributed by atoms with Crippen LogP contribution in [0.25, 0.3) is 0 Å². The Kier molecular flexibility index (Phi) is 10.1. The number of phenolic OH excluding ortho intramolecular Hbond substituents is 2. The molecule has 298 valence electrons. The first-order valence-corrected chi connectivity index (χ1v) is 18.1. The van der Waals surface area contributed by atoms with Gasteiger partial charge in [0.15, 0.2) is 22.3 Å². The van der Waals surface area contributed by atoms with E-state index in [4.69, 9.17) is 22.2 Å². The molecule has 5 heterocycles. The summed E-state index contributed by atoms with van der Waals surface area (Å²) < 4.78 is 0. The Hall–Kier alpha value is -6.28. The summed E-state index contributed by atoms with van der Waals surface area (Å²) in [6.07, 6.45) is 0. The SMILES string of the molecule is CC(C)(O/N=C(\C(=O)N[C@@H]1C(=O)N2C[C@@](C(=O)O)(N3CCN(NC(=O)N4CCN(NC(=O)c5ccc(O)c(O)c5Cl)C4=O)C3=O)S[C@H]12)c1csc(N)n1)C(=O)O. The van der Waals surface area contributed by atoms with E-state index in [1.54, 1.807) is 0 Å². The van der Waals surface area contributed by atoms with Crippen molar-refractivity contribution >= 4 is 93.3 Å². The second kappa shape index (κ2) is 14.4. The van der Waals surface area contributed by atoms with E-state index in [1.165, 1.54) is 19.2 Å². The van der Waals surface area contributed by atoms with Gasteiger partial charge in [-0.3, -0.25) is 24.7 Å². The van der Waals surface area contributed by atoms with E-state index < -0.39 is 98.4 Å². The molecule has 0 unspecified atom stereocenters. The number of hydrogen-bond donors (Lipinski definition) is 8. The standard InChI is InChI=1S/C29H30ClN11O13S2/c1-28(2,22(47)48)54-36-15(12-9-55-24(31)32-12)19(45)33-16-20(46)38-10-29(23(49)50,56-21(16)38)39-6-8-41(27(39)53)35-25(51)37-5-7-40(26(37)52)34-18(44)11-3-4-13(42)17(43)14(11)30/h3-4,9,16,21,42-43H,5-8,10H2,1-2H3,(H2,31,32)(H,33,45)(H,34,44)(H,35,51)(H,47,48)(H,49,50)/b36-15-/t16-,21-,29-/m1/s1. The Bertz CT molecular complexity index is 2120. The van der Waals surface area contributed by atoms with Gasteiger partial charge in [0.1, 0.15) is 17.1 Å². The Morgan fingerprint density at radius 2 is 1.71 bits per heavy atom. The van der Waals surface area contributed by atoms with Gasteiger partial charge >= 0.3 is 30.0 Å². The van der Waals surface area contributed by atoms with Crippen LogP contribution in [-0.4, -0.2) is 158 Å². The van der Waals surface area contributed by atoms with Gasteiger partial charge < -0.3 is 41.2 Å². The first-order valence-electron chi connectivity index (χ1n) is 16.0. The Balaban J connectivity index is 1.10. The Labute approximate surface area is 326 Å². The van der Waals surface area contributed by atoms with Gasteiger partial charge in [0.25, 0.3) is 11.8 Å². The van der Waals surface area contributed by atoms with E-state index in [0.717, 1.165) is 43.3 Å². The molecule has 24 nitrogen and oxygen atoms in total. The topological polar surface area (TPSA) is 330 Å². The van der Waals surface area contributed by atoms with E-state index in [-0.39, 0.29) is 42.6 Å². The van der Waals surface area contributed by atoms with Gasteiger partial charge in [0, 0.05) is 11.9 Å². The predicted octanol–water partition coefficient (Wildman–Crippen LogP) is -1.00. The molecule has 56 heavy (non-hydrogen) atoms. The van der Waals surface area contributed by atoms with Crippen LogP contribution in [0.5, 0.6) is 11.5 Å². The van der Waals surface area contributed by atoms with Gasteiger partial charge in [0.2, 0.25) is 16.4 Å². The number of nitrogens with one attached hydrogen (secondary N) is 3. The number of urea groups is 3. The van der Waals surface area contributed by atoms with Crippen LogP contribution in [0.1, 0.15) is 29.9 Å². The lowest BCUT2D eigenvalue weighted by atomic mass is 10.1. The minimum atomic E-state index is -2.08. The molecule has 4 saturated heterocycles. The highest BCUT2D eigenvalue weighted by atomic mass is 35.5. The average molecular weight is 840 g/mol. The van der Waals surface area contributed by atoms with Crippen LogP contribution in [0, 0.1) is 0 Å². The number of imide groups is 1. The molecule has 0 saturated carbocycles. The molecule has 9 N–H and O–H groups in total. The fraction of sp³-hybridized carbons (Fsp3) is 0.379.